The van der Waals surface area contributed by atoms with Gasteiger partial charge < -0.3 is 15.0 Å². The van der Waals surface area contributed by atoms with Crippen molar-refractivity contribution in [3.05, 3.63) is 46.8 Å². The molecule has 1 fully saturated rings. The summed E-state index contributed by atoms with van der Waals surface area (Å²) >= 11 is 0. The summed E-state index contributed by atoms with van der Waals surface area (Å²) in [4.78, 5) is 15.8. The Bertz CT molecular complexity index is 944. The lowest BCUT2D eigenvalue weighted by Crippen LogP contribution is -2.29. The van der Waals surface area contributed by atoms with Gasteiger partial charge in [0.15, 0.2) is 0 Å². The monoisotopic (exact) mass is 391 g/mol. The van der Waals surface area contributed by atoms with E-state index in [9.17, 15) is 13.2 Å². The summed E-state index contributed by atoms with van der Waals surface area (Å²) in [7, 11) is -1.99. The van der Waals surface area contributed by atoms with E-state index < -0.39 is 10.0 Å². The van der Waals surface area contributed by atoms with Crippen LogP contribution in [0.3, 0.4) is 0 Å². The molecule has 0 saturated carbocycles. The van der Waals surface area contributed by atoms with Crippen molar-refractivity contribution >= 4 is 15.9 Å². The summed E-state index contributed by atoms with van der Waals surface area (Å²) in [5.41, 5.74) is 2.13. The molecule has 1 saturated heterocycles. The topological polar surface area (TPSA) is 91.5 Å². The van der Waals surface area contributed by atoms with E-state index in [4.69, 9.17) is 4.74 Å². The van der Waals surface area contributed by atoms with Crippen LogP contribution in [0.1, 0.15) is 40.2 Å². The molecule has 27 heavy (non-hydrogen) atoms. The third-order valence-electron chi connectivity index (χ3n) is 4.85. The molecule has 1 aromatic heterocycles. The van der Waals surface area contributed by atoms with Gasteiger partial charge in [-0.25, -0.2) is 8.42 Å². The van der Waals surface area contributed by atoms with E-state index >= 15 is 0 Å². The second-order valence-corrected chi connectivity index (χ2v) is 8.60. The molecule has 0 unspecified atom stereocenters. The van der Waals surface area contributed by atoms with Crippen molar-refractivity contribution in [3.63, 3.8) is 0 Å². The van der Waals surface area contributed by atoms with Crippen molar-refractivity contribution in [1.82, 2.24) is 14.6 Å². The maximum absolute atomic E-state index is 12.9. The van der Waals surface area contributed by atoms with Crippen LogP contribution in [0.25, 0.3) is 0 Å². The molecule has 1 aliphatic heterocycles. The lowest BCUT2D eigenvalue weighted by atomic mass is 10.2. The molecule has 0 radical (unpaired) electrons. The molecular formula is C19H25N3O4S. The summed E-state index contributed by atoms with van der Waals surface area (Å²) in [5.74, 6) is 0.383. The molecule has 0 aliphatic carbocycles. The fourth-order valence-electron chi connectivity index (χ4n) is 3.46. The highest BCUT2D eigenvalue weighted by molar-refractivity contribution is 7.89. The van der Waals surface area contributed by atoms with Gasteiger partial charge in [-0.2, -0.15) is 4.31 Å². The van der Waals surface area contributed by atoms with E-state index in [-0.39, 0.29) is 16.5 Å². The zero-order valence-corrected chi connectivity index (χ0v) is 16.6. The summed E-state index contributed by atoms with van der Waals surface area (Å²) in [6, 6.07) is 7.42. The number of nitrogens with zero attached hydrogens (tertiary/aromatic N) is 1. The fourth-order valence-corrected chi connectivity index (χ4v) is 5.38. The summed E-state index contributed by atoms with van der Waals surface area (Å²) in [5, 5.41) is 2.83. The van der Waals surface area contributed by atoms with Gasteiger partial charge in [0.2, 0.25) is 10.0 Å². The maximum Gasteiger partial charge on any atom is 0.268 e. The van der Waals surface area contributed by atoms with Gasteiger partial charge in [-0.05, 0) is 49.9 Å². The third kappa shape index (κ3) is 3.86. The first kappa shape index (κ1) is 19.4. The quantitative estimate of drug-likeness (QED) is 0.791. The Morgan fingerprint density at radius 2 is 1.96 bits per heavy atom. The summed E-state index contributed by atoms with van der Waals surface area (Å²) < 4.78 is 32.5. The second kappa shape index (κ2) is 7.74. The van der Waals surface area contributed by atoms with Crippen LogP contribution in [0.5, 0.6) is 5.75 Å². The molecule has 1 aliphatic rings. The summed E-state index contributed by atoms with van der Waals surface area (Å²) in [6.45, 7) is 4.75. The zero-order valence-electron chi connectivity index (χ0n) is 15.8. The minimum absolute atomic E-state index is 0.218. The predicted molar refractivity (Wildman–Crippen MR) is 102 cm³/mol. The maximum atomic E-state index is 12.9. The largest absolute Gasteiger partial charge is 0.497 e. The smallest absolute Gasteiger partial charge is 0.268 e. The minimum Gasteiger partial charge on any atom is -0.497 e. The Labute approximate surface area is 159 Å². The first-order valence-corrected chi connectivity index (χ1v) is 10.4. The van der Waals surface area contributed by atoms with E-state index in [1.54, 1.807) is 21.0 Å². The number of benzene rings is 1. The van der Waals surface area contributed by atoms with Crippen LogP contribution >= 0.6 is 0 Å². The van der Waals surface area contributed by atoms with Crippen LogP contribution in [0.15, 0.2) is 29.2 Å². The lowest BCUT2D eigenvalue weighted by Gasteiger charge is -2.16. The van der Waals surface area contributed by atoms with E-state index in [2.05, 4.69) is 10.3 Å². The first-order valence-electron chi connectivity index (χ1n) is 8.95. The Hall–Kier alpha value is -2.32. The van der Waals surface area contributed by atoms with Gasteiger partial charge in [-0.3, -0.25) is 4.79 Å². The number of carbonyl (C=O) groups is 1. The number of rotatable bonds is 6. The van der Waals surface area contributed by atoms with Gasteiger partial charge >= 0.3 is 0 Å². The van der Waals surface area contributed by atoms with Crippen molar-refractivity contribution in [3.8, 4) is 5.75 Å². The van der Waals surface area contributed by atoms with Crippen molar-refractivity contribution < 1.29 is 17.9 Å². The molecule has 146 valence electrons. The average Bonchev–Trinajstić information content (AvgIpc) is 3.28. The highest BCUT2D eigenvalue weighted by Crippen LogP contribution is 2.28. The first-order chi connectivity index (χ1) is 12.8. The zero-order chi connectivity index (χ0) is 19.6. The number of carbonyl (C=O) groups excluding carboxylic acids is 1. The molecule has 3 rings (SSSR count). The number of aromatic amines is 1. The Morgan fingerprint density at radius 1 is 1.26 bits per heavy atom. The van der Waals surface area contributed by atoms with Gasteiger partial charge in [0.25, 0.3) is 5.91 Å². The van der Waals surface area contributed by atoms with Gasteiger partial charge in [0.05, 0.1) is 7.11 Å². The van der Waals surface area contributed by atoms with Crippen molar-refractivity contribution in [2.75, 3.05) is 20.2 Å². The van der Waals surface area contributed by atoms with Gasteiger partial charge in [0, 0.05) is 25.3 Å². The molecular weight excluding hydrogens is 366 g/mol. The molecule has 2 heterocycles. The second-order valence-electron chi connectivity index (χ2n) is 6.72. The normalized spacial score (nSPS) is 15.1. The fraction of sp³-hybridized carbons (Fsp3) is 0.421. The SMILES string of the molecule is COc1cccc(CNC(=O)c2[nH]c(C)c(S(=O)(=O)N3CCCC3)c2C)c1. The van der Waals surface area contributed by atoms with Gasteiger partial charge in [-0.15, -0.1) is 0 Å². The van der Waals surface area contributed by atoms with E-state index in [0.717, 1.165) is 18.4 Å². The van der Waals surface area contributed by atoms with Crippen molar-refractivity contribution in [1.29, 1.82) is 0 Å². The number of nitrogens with one attached hydrogen (secondary N) is 2. The van der Waals surface area contributed by atoms with E-state index in [1.807, 2.05) is 24.3 Å². The minimum atomic E-state index is -3.58. The number of amides is 1. The van der Waals surface area contributed by atoms with Crippen LogP contribution in [-0.4, -0.2) is 43.8 Å². The van der Waals surface area contributed by atoms with Crippen molar-refractivity contribution in [2.45, 2.75) is 38.1 Å². The number of hydrogen-bond acceptors (Lipinski definition) is 4. The number of aryl methyl sites for hydroxylation is 1. The Morgan fingerprint density at radius 3 is 2.63 bits per heavy atom. The number of sulfonamides is 1. The molecule has 8 heteroatoms. The van der Waals surface area contributed by atoms with Crippen LogP contribution in [0.2, 0.25) is 0 Å². The standard InChI is InChI=1S/C19H25N3O4S/c1-13-17(19(23)20-12-15-7-6-8-16(11-15)26-3)21-14(2)18(13)27(24,25)22-9-4-5-10-22/h6-8,11,21H,4-5,9-10,12H2,1-3H3,(H,20,23). The van der Waals surface area contributed by atoms with Gasteiger partial charge in [-0.1, -0.05) is 12.1 Å². The number of hydrogen-bond donors (Lipinski definition) is 2. The number of H-pyrrole nitrogens is 1. The highest BCUT2D eigenvalue weighted by atomic mass is 32.2. The predicted octanol–water partition coefficient (Wildman–Crippen LogP) is 2.35. The van der Waals surface area contributed by atoms with E-state index in [0.29, 0.717) is 36.6 Å². The average molecular weight is 391 g/mol. The molecule has 0 bridgehead atoms. The summed E-state index contributed by atoms with van der Waals surface area (Å²) in [6.07, 6.45) is 1.74. The number of methoxy groups -OCH3 is 1. The Balaban J connectivity index is 1.80. The number of ether oxygens (including phenoxy) is 1. The van der Waals surface area contributed by atoms with Crippen molar-refractivity contribution in [2.24, 2.45) is 0 Å². The molecule has 7 nitrogen and oxygen atoms in total. The van der Waals surface area contributed by atoms with Crippen LogP contribution in [0.4, 0.5) is 0 Å². The highest BCUT2D eigenvalue weighted by Gasteiger charge is 2.33. The van der Waals surface area contributed by atoms with Crippen LogP contribution in [-0.2, 0) is 16.6 Å². The molecule has 1 aromatic carbocycles. The van der Waals surface area contributed by atoms with Crippen LogP contribution < -0.4 is 10.1 Å². The van der Waals surface area contributed by atoms with Crippen LogP contribution in [0, 0.1) is 13.8 Å². The van der Waals surface area contributed by atoms with E-state index in [1.165, 1.54) is 4.31 Å². The van der Waals surface area contributed by atoms with Gasteiger partial charge in [0.1, 0.15) is 16.3 Å². The molecule has 2 aromatic rings. The lowest BCUT2D eigenvalue weighted by molar-refractivity contribution is 0.0945. The molecule has 2 N–H and O–H groups in total. The molecule has 0 spiro atoms. The molecule has 0 atom stereocenters. The third-order valence-corrected chi connectivity index (χ3v) is 7.02. The Kier molecular flexibility index (Phi) is 5.57. The number of aromatic nitrogens is 1. The molecule has 1 amide bonds.